The molecule has 2 N–H and O–H groups in total. The molecule has 1 aromatic carbocycles. The standard InChI is InChI=1S/C14H20N2OS.ClH/c1-10-3-4-11(13(7-10)18-2)9-16-14(17)12-5-6-15-8-12;/h3-4,7,12,15H,5-6,8-9H2,1-2H3,(H,16,17);1H. The fourth-order valence-corrected chi connectivity index (χ4v) is 2.91. The van der Waals surface area contributed by atoms with Crippen LogP contribution < -0.4 is 10.6 Å². The van der Waals surface area contributed by atoms with Gasteiger partial charge < -0.3 is 10.6 Å². The van der Waals surface area contributed by atoms with Crippen LogP contribution in [-0.4, -0.2) is 25.3 Å². The molecule has 0 saturated carbocycles. The number of halogens is 1. The average molecular weight is 301 g/mol. The summed E-state index contributed by atoms with van der Waals surface area (Å²) in [4.78, 5) is 13.2. The average Bonchev–Trinajstić information content (AvgIpc) is 2.90. The second kappa shape index (κ2) is 7.78. The minimum absolute atomic E-state index is 0. The Hall–Kier alpha value is -0.710. The first kappa shape index (κ1) is 16.3. The molecule has 1 unspecified atom stereocenters. The number of thioether (sulfide) groups is 1. The minimum atomic E-state index is 0. The molecule has 5 heteroatoms. The molecular formula is C14H21ClN2OS. The van der Waals surface area contributed by atoms with E-state index in [9.17, 15) is 4.79 Å². The van der Waals surface area contributed by atoms with Crippen molar-refractivity contribution in [2.75, 3.05) is 19.3 Å². The van der Waals surface area contributed by atoms with Gasteiger partial charge in [-0.1, -0.05) is 12.1 Å². The van der Waals surface area contributed by atoms with Crippen LogP contribution in [-0.2, 0) is 11.3 Å². The Morgan fingerprint density at radius 2 is 2.32 bits per heavy atom. The van der Waals surface area contributed by atoms with E-state index < -0.39 is 0 Å². The zero-order valence-electron chi connectivity index (χ0n) is 11.4. The largest absolute Gasteiger partial charge is 0.352 e. The topological polar surface area (TPSA) is 41.1 Å². The number of carbonyl (C=O) groups is 1. The molecule has 1 amide bonds. The third kappa shape index (κ3) is 4.41. The summed E-state index contributed by atoms with van der Waals surface area (Å²) in [5, 5.41) is 6.26. The Labute approximate surface area is 125 Å². The summed E-state index contributed by atoms with van der Waals surface area (Å²) in [7, 11) is 0. The Balaban J connectivity index is 0.00000180. The van der Waals surface area contributed by atoms with E-state index in [1.54, 1.807) is 11.8 Å². The SMILES string of the molecule is CSc1cc(C)ccc1CNC(=O)C1CCNC1.Cl. The molecule has 0 aliphatic carbocycles. The Morgan fingerprint density at radius 1 is 1.53 bits per heavy atom. The molecule has 3 nitrogen and oxygen atoms in total. The van der Waals surface area contributed by atoms with Crippen molar-refractivity contribution in [3.8, 4) is 0 Å². The second-order valence-corrected chi connectivity index (χ2v) is 5.57. The molecule has 1 aliphatic heterocycles. The van der Waals surface area contributed by atoms with Gasteiger partial charge in [-0.3, -0.25) is 4.79 Å². The number of benzene rings is 1. The van der Waals surface area contributed by atoms with Crippen LogP contribution >= 0.6 is 24.2 Å². The van der Waals surface area contributed by atoms with E-state index in [0.717, 1.165) is 19.5 Å². The highest BCUT2D eigenvalue weighted by molar-refractivity contribution is 7.98. The summed E-state index contributed by atoms with van der Waals surface area (Å²) in [6.45, 7) is 4.49. The maximum Gasteiger partial charge on any atom is 0.224 e. The van der Waals surface area contributed by atoms with Gasteiger partial charge in [-0.05, 0) is 43.3 Å². The minimum Gasteiger partial charge on any atom is -0.352 e. The van der Waals surface area contributed by atoms with E-state index in [1.807, 2.05) is 0 Å². The lowest BCUT2D eigenvalue weighted by atomic mass is 10.1. The van der Waals surface area contributed by atoms with E-state index in [1.165, 1.54) is 16.0 Å². The fourth-order valence-electron chi connectivity index (χ4n) is 2.20. The summed E-state index contributed by atoms with van der Waals surface area (Å²) in [6.07, 6.45) is 3.02. The first-order chi connectivity index (χ1) is 8.70. The smallest absolute Gasteiger partial charge is 0.224 e. The number of amides is 1. The molecule has 1 aliphatic rings. The van der Waals surface area contributed by atoms with Crippen LogP contribution in [0.2, 0.25) is 0 Å². The molecule has 0 spiro atoms. The predicted molar refractivity (Wildman–Crippen MR) is 83.0 cm³/mol. The molecule has 2 rings (SSSR count). The summed E-state index contributed by atoms with van der Waals surface area (Å²) < 4.78 is 0. The molecule has 19 heavy (non-hydrogen) atoms. The van der Waals surface area contributed by atoms with E-state index in [2.05, 4.69) is 42.0 Å². The van der Waals surface area contributed by atoms with Crippen LogP contribution in [0.4, 0.5) is 0 Å². The molecule has 1 fully saturated rings. The lowest BCUT2D eigenvalue weighted by molar-refractivity contribution is -0.124. The van der Waals surface area contributed by atoms with Crippen LogP contribution in [0, 0.1) is 12.8 Å². The van der Waals surface area contributed by atoms with Gasteiger partial charge in [0.2, 0.25) is 5.91 Å². The number of hydrogen-bond donors (Lipinski definition) is 2. The van der Waals surface area contributed by atoms with Crippen LogP contribution in [0.1, 0.15) is 17.5 Å². The highest BCUT2D eigenvalue weighted by Crippen LogP contribution is 2.21. The van der Waals surface area contributed by atoms with Gasteiger partial charge in [0.15, 0.2) is 0 Å². The Kier molecular flexibility index (Phi) is 6.69. The Morgan fingerprint density at radius 3 is 2.95 bits per heavy atom. The van der Waals surface area contributed by atoms with E-state index in [4.69, 9.17) is 0 Å². The molecule has 0 bridgehead atoms. The number of carbonyl (C=O) groups excluding carboxylic acids is 1. The number of rotatable bonds is 4. The van der Waals surface area contributed by atoms with Crippen molar-refractivity contribution in [2.45, 2.75) is 24.8 Å². The van der Waals surface area contributed by atoms with Crippen molar-refractivity contribution >= 4 is 30.1 Å². The number of nitrogens with one attached hydrogen (secondary N) is 2. The zero-order chi connectivity index (χ0) is 13.0. The second-order valence-electron chi connectivity index (χ2n) is 4.72. The van der Waals surface area contributed by atoms with Crippen LogP contribution in [0.3, 0.4) is 0 Å². The number of aryl methyl sites for hydroxylation is 1. The highest BCUT2D eigenvalue weighted by Gasteiger charge is 2.21. The molecule has 1 aromatic rings. The molecule has 0 radical (unpaired) electrons. The maximum absolute atomic E-state index is 11.9. The summed E-state index contributed by atoms with van der Waals surface area (Å²) >= 11 is 1.73. The van der Waals surface area contributed by atoms with Crippen molar-refractivity contribution in [1.82, 2.24) is 10.6 Å². The molecule has 1 heterocycles. The van der Waals surface area contributed by atoms with Gasteiger partial charge in [0, 0.05) is 18.0 Å². The zero-order valence-corrected chi connectivity index (χ0v) is 13.0. The third-order valence-electron chi connectivity index (χ3n) is 3.33. The van der Waals surface area contributed by atoms with Crippen molar-refractivity contribution < 1.29 is 4.79 Å². The maximum atomic E-state index is 11.9. The molecule has 1 atom stereocenters. The summed E-state index contributed by atoms with van der Waals surface area (Å²) in [5.41, 5.74) is 2.46. The quantitative estimate of drug-likeness (QED) is 0.839. The number of hydrogen-bond acceptors (Lipinski definition) is 3. The lowest BCUT2D eigenvalue weighted by Gasteiger charge is -2.12. The molecule has 106 valence electrons. The van der Waals surface area contributed by atoms with Gasteiger partial charge in [0.25, 0.3) is 0 Å². The first-order valence-electron chi connectivity index (χ1n) is 6.32. The predicted octanol–water partition coefficient (Wildman–Crippen LogP) is 2.36. The lowest BCUT2D eigenvalue weighted by Crippen LogP contribution is -2.31. The molecule has 1 saturated heterocycles. The van der Waals surface area contributed by atoms with E-state index in [-0.39, 0.29) is 24.2 Å². The van der Waals surface area contributed by atoms with Gasteiger partial charge in [-0.2, -0.15) is 0 Å². The van der Waals surface area contributed by atoms with Crippen LogP contribution in [0.15, 0.2) is 23.1 Å². The molecular weight excluding hydrogens is 280 g/mol. The van der Waals surface area contributed by atoms with Gasteiger partial charge in [0.05, 0.1) is 5.92 Å². The van der Waals surface area contributed by atoms with Crippen molar-refractivity contribution in [3.63, 3.8) is 0 Å². The monoisotopic (exact) mass is 300 g/mol. The van der Waals surface area contributed by atoms with Crippen LogP contribution in [0.25, 0.3) is 0 Å². The van der Waals surface area contributed by atoms with Gasteiger partial charge in [-0.15, -0.1) is 24.2 Å². The van der Waals surface area contributed by atoms with Crippen molar-refractivity contribution in [1.29, 1.82) is 0 Å². The van der Waals surface area contributed by atoms with Gasteiger partial charge >= 0.3 is 0 Å². The van der Waals surface area contributed by atoms with E-state index >= 15 is 0 Å². The van der Waals surface area contributed by atoms with Crippen LogP contribution in [0.5, 0.6) is 0 Å². The normalized spacial score (nSPS) is 17.9. The summed E-state index contributed by atoms with van der Waals surface area (Å²) in [6, 6.07) is 6.37. The van der Waals surface area contributed by atoms with Gasteiger partial charge in [-0.25, -0.2) is 0 Å². The molecule has 0 aromatic heterocycles. The first-order valence-corrected chi connectivity index (χ1v) is 7.55. The fraction of sp³-hybridized carbons (Fsp3) is 0.500. The third-order valence-corrected chi connectivity index (χ3v) is 4.15. The van der Waals surface area contributed by atoms with Gasteiger partial charge in [0.1, 0.15) is 0 Å². The van der Waals surface area contributed by atoms with E-state index in [0.29, 0.717) is 6.54 Å². The highest BCUT2D eigenvalue weighted by atomic mass is 35.5. The van der Waals surface area contributed by atoms with Crippen molar-refractivity contribution in [2.24, 2.45) is 5.92 Å². The van der Waals surface area contributed by atoms with Crippen molar-refractivity contribution in [3.05, 3.63) is 29.3 Å². The summed E-state index contributed by atoms with van der Waals surface area (Å²) in [5.74, 6) is 0.320. The Bertz CT molecular complexity index is 433.